The molecule has 0 aliphatic carbocycles. The normalized spacial score (nSPS) is 11.5. The van der Waals surface area contributed by atoms with E-state index < -0.39 is 0 Å². The first-order valence-corrected chi connectivity index (χ1v) is 40.4. The number of hydrogen-bond donors (Lipinski definition) is 5. The molecule has 0 bridgehead atoms. The van der Waals surface area contributed by atoms with Gasteiger partial charge in [-0.1, -0.05) is 96.1 Å². The highest BCUT2D eigenvalue weighted by Crippen LogP contribution is 2.38. The molecule has 1 amide bonds. The van der Waals surface area contributed by atoms with Crippen molar-refractivity contribution in [3.8, 4) is 34.7 Å². The van der Waals surface area contributed by atoms with E-state index in [-0.39, 0.29) is 22.6 Å². The summed E-state index contributed by atoms with van der Waals surface area (Å²) in [5.41, 5.74) is 17.4. The molecule has 2 aromatic carbocycles. The molecule has 1 saturated heterocycles. The third kappa shape index (κ3) is 25.3. The first-order valence-electron chi connectivity index (χ1n) is 34.5. The number of nitriles is 2. The Morgan fingerprint density at radius 3 is 1.41 bits per heavy atom. The van der Waals surface area contributed by atoms with E-state index in [0.717, 1.165) is 112 Å². The highest BCUT2D eigenvalue weighted by molar-refractivity contribution is 9.11. The van der Waals surface area contributed by atoms with E-state index >= 15 is 0 Å². The Morgan fingerprint density at radius 1 is 0.573 bits per heavy atom. The molecule has 12 heterocycles. The van der Waals surface area contributed by atoms with Crippen LogP contribution in [0.2, 0.25) is 4.47 Å². The molecule has 1 aliphatic rings. The molecule has 26 nitrogen and oxygen atoms in total. The minimum absolute atomic E-state index is 0.0134. The predicted octanol–water partition coefficient (Wildman–Crippen LogP) is 18.5. The summed E-state index contributed by atoms with van der Waals surface area (Å²) in [6.07, 6.45) is 28.3. The number of aldehydes is 1. The zero-order valence-corrected chi connectivity index (χ0v) is 72.5. The lowest BCUT2D eigenvalue weighted by atomic mass is 9.82. The summed E-state index contributed by atoms with van der Waals surface area (Å²) < 4.78 is 38.1. The van der Waals surface area contributed by atoms with Crippen molar-refractivity contribution in [1.82, 2.24) is 82.7 Å². The number of amides is 1. The number of halogens is 8. The highest BCUT2D eigenvalue weighted by Gasteiger charge is 2.28. The van der Waals surface area contributed by atoms with Crippen molar-refractivity contribution in [2.75, 3.05) is 47.1 Å². The van der Waals surface area contributed by atoms with Crippen LogP contribution in [0.25, 0.3) is 45.6 Å². The lowest BCUT2D eigenvalue weighted by Crippen LogP contribution is -2.36. The molecule has 0 spiro atoms. The molecule has 7 N–H and O–H groups in total. The third-order valence-electron chi connectivity index (χ3n) is 15.3. The van der Waals surface area contributed by atoms with Gasteiger partial charge < -0.3 is 37.1 Å². The monoisotopic (exact) mass is 1870 g/mol. The average molecular weight is 1880 g/mol. The minimum atomic E-state index is -0.328. The van der Waals surface area contributed by atoms with Gasteiger partial charge in [-0.15, -0.1) is 0 Å². The van der Waals surface area contributed by atoms with Crippen LogP contribution in [0, 0.1) is 39.7 Å². The molecule has 1 fully saturated rings. The fourth-order valence-corrected chi connectivity index (χ4v) is 14.1. The van der Waals surface area contributed by atoms with Gasteiger partial charge in [-0.2, -0.15) is 10.5 Å². The van der Waals surface area contributed by atoms with Crippen LogP contribution in [0.1, 0.15) is 134 Å². The number of nitrogens with zero attached hydrogens (tertiary/aromatic N) is 19. The Balaban J connectivity index is 0.000000184. The van der Waals surface area contributed by atoms with E-state index in [2.05, 4.69) is 203 Å². The maximum Gasteiger partial charge on any atom is 0.235 e. The van der Waals surface area contributed by atoms with Gasteiger partial charge in [-0.05, 0) is 205 Å². The molecule has 1 aliphatic heterocycles. The first kappa shape index (κ1) is 88.3. The highest BCUT2D eigenvalue weighted by atomic mass is 79.9. The van der Waals surface area contributed by atoms with Crippen LogP contribution in [0.4, 0.5) is 43.1 Å². The van der Waals surface area contributed by atoms with Crippen LogP contribution in [0.3, 0.4) is 0 Å². The SMILES string of the molecule is C1CCNCC1.CCC=O.CCc1nc2ncc(Br)cn2c1N.CCc1nc2ncc(Br)cn2c1N(C)c1nc(-c2ccc(F)cc2)c(C#N)s1.CCc1nc2ncc(Br)cn2c1NC(C)(C)CC(C)(C)C.CCc1nc2ncc(Br)cn2c1NC=O.N#Cc1sc(Cl)nc1-c1ccc(F)cc1.Nc1ncc(Br)cn1. The Labute approximate surface area is 691 Å². The van der Waals surface area contributed by atoms with Gasteiger partial charge in [0.15, 0.2) is 9.60 Å². The van der Waals surface area contributed by atoms with Crippen molar-refractivity contribution in [1.29, 1.82) is 10.5 Å². The Kier molecular flexibility index (Phi) is 34.1. The number of carbonyl (C=O) groups is 2. The number of piperidine rings is 1. The molecule has 110 heavy (non-hydrogen) atoms. The molecule has 13 aromatic rings. The molecule has 578 valence electrons. The zero-order chi connectivity index (χ0) is 80.4. The summed E-state index contributed by atoms with van der Waals surface area (Å²) in [6, 6.07) is 16.0. The van der Waals surface area contributed by atoms with Gasteiger partial charge in [0, 0.05) is 92.1 Å². The van der Waals surface area contributed by atoms with Crippen molar-refractivity contribution in [2.24, 2.45) is 5.41 Å². The lowest BCUT2D eigenvalue weighted by molar-refractivity contribution is -0.107. The number of benzene rings is 2. The number of thiazole rings is 2. The summed E-state index contributed by atoms with van der Waals surface area (Å²) in [7, 11) is 1.89. The second-order valence-electron chi connectivity index (χ2n) is 25.6. The number of fused-ring (bicyclic) bond motifs is 4. The van der Waals surface area contributed by atoms with Crippen LogP contribution >= 0.6 is 114 Å². The molecule has 0 atom stereocenters. The number of anilines is 6. The molecule has 0 radical (unpaired) electrons. The number of nitrogens with one attached hydrogen (secondary N) is 3. The van der Waals surface area contributed by atoms with E-state index in [0.29, 0.717) is 89.6 Å². The summed E-state index contributed by atoms with van der Waals surface area (Å²) in [5.74, 6) is 5.46. The summed E-state index contributed by atoms with van der Waals surface area (Å²) in [5, 5.41) is 28.6. The zero-order valence-electron chi connectivity index (χ0n) is 62.1. The van der Waals surface area contributed by atoms with Gasteiger partial charge in [0.25, 0.3) is 0 Å². The number of rotatable bonds is 14. The number of aryl methyl sites for hydroxylation is 4. The molecule has 0 saturated carbocycles. The molecular formula is C74H82Br5ClF2N24O2S2. The van der Waals surface area contributed by atoms with E-state index in [1.807, 2.05) is 79.3 Å². The maximum atomic E-state index is 13.3. The molecule has 11 aromatic heterocycles. The van der Waals surface area contributed by atoms with E-state index in [1.54, 1.807) is 70.2 Å². The summed E-state index contributed by atoms with van der Waals surface area (Å²) >= 11 is 24.9. The third-order valence-corrected chi connectivity index (χ3v) is 19.5. The second-order valence-corrected chi connectivity index (χ2v) is 32.7. The van der Waals surface area contributed by atoms with Gasteiger partial charge in [0.05, 0.1) is 45.1 Å². The fourth-order valence-electron chi connectivity index (χ4n) is 10.9. The Bertz CT molecular complexity index is 5230. The number of imidazole rings is 4. The van der Waals surface area contributed by atoms with Crippen LogP contribution < -0.4 is 32.3 Å². The van der Waals surface area contributed by atoms with Gasteiger partial charge in [-0.3, -0.25) is 22.4 Å². The summed E-state index contributed by atoms with van der Waals surface area (Å²) in [4.78, 5) is 73.4. The van der Waals surface area contributed by atoms with E-state index in [9.17, 15) is 23.6 Å². The van der Waals surface area contributed by atoms with Crippen LogP contribution in [0.15, 0.2) is 133 Å². The Hall–Kier alpha value is -8.91. The Morgan fingerprint density at radius 2 is 0.982 bits per heavy atom. The van der Waals surface area contributed by atoms with Gasteiger partial charge in [0.2, 0.25) is 35.5 Å². The number of aromatic nitrogens is 16. The maximum absolute atomic E-state index is 13.3. The quantitative estimate of drug-likeness (QED) is 0.0631. The van der Waals surface area contributed by atoms with Crippen molar-refractivity contribution >= 4 is 184 Å². The topological polar surface area (TPSA) is 345 Å². The van der Waals surface area contributed by atoms with Gasteiger partial charge >= 0.3 is 0 Å². The number of nitrogens with two attached hydrogens (primary N) is 2. The molecule has 14 rings (SSSR count). The largest absolute Gasteiger partial charge is 0.383 e. The van der Waals surface area contributed by atoms with Crippen molar-refractivity contribution in [3.05, 3.63) is 181 Å². The van der Waals surface area contributed by atoms with Crippen LogP contribution in [0.5, 0.6) is 0 Å². The fraction of sp³-hybridized carbons (Fsp3) is 0.324. The number of carbonyl (C=O) groups excluding carboxylic acids is 2. The molecular weight excluding hydrogens is 1790 g/mol. The molecule has 36 heteroatoms. The number of nitrogen functional groups attached to an aromatic ring is 2. The van der Waals surface area contributed by atoms with Gasteiger partial charge in [0.1, 0.15) is 74.5 Å². The van der Waals surface area contributed by atoms with E-state index in [1.165, 1.54) is 68.0 Å². The van der Waals surface area contributed by atoms with Crippen LogP contribution in [-0.4, -0.2) is 116 Å². The second kappa shape index (κ2) is 42.5. The molecule has 0 unspecified atom stereocenters. The van der Waals surface area contributed by atoms with Crippen molar-refractivity contribution in [3.63, 3.8) is 0 Å². The van der Waals surface area contributed by atoms with Crippen molar-refractivity contribution < 1.29 is 18.4 Å². The van der Waals surface area contributed by atoms with Gasteiger partial charge in [-0.25, -0.2) is 68.6 Å². The smallest absolute Gasteiger partial charge is 0.235 e. The van der Waals surface area contributed by atoms with Crippen LogP contribution in [-0.2, 0) is 35.3 Å². The standard InChI is InChI=1S/C19H14BrFN6S.C16H25BrN4.C10H4ClFN2S.C9H9BrN4O.C8H9BrN4.C5H11N.C4H4BrN3.C3H6O/c1-3-14-17(27-10-12(20)9-23-18(27)24-14)26(2)19-25-16(15(8-22)28-19)11-4-6-13(21)7-5-11;1-7-12-13(20-16(5,6)10-15(2,3)4)21-9-11(17)8-18-14(21)19-12;11-10-14-9(8(5-13)15-10)6-1-3-7(12)4-2-6;1-2-7-8(12-5-15)14-4-6(10)3-11-9(14)13-7;1-2-6-7(10)13-4-5(9)3-11-8(13)12-6;1-2-4-6-5-3-1;5-3-1-7-4(6)8-2-3;1-2-3-4/h4-7,9-10H,3H2,1-2H3;8-9,20H,7,10H2,1-6H3;1-4H;3-5H,2H2,1H3,(H,12,15);3-4H,2,10H2,1H3;6H,1-5H2;1-2H,(H2,6,7,8);3H,2H2,1H3. The first-order chi connectivity index (χ1) is 52.5. The van der Waals surface area contributed by atoms with Crippen molar-refractivity contribution in [2.45, 2.75) is 133 Å². The summed E-state index contributed by atoms with van der Waals surface area (Å²) in [6.45, 7) is 23.7. The number of hydrogen-bond acceptors (Lipinski definition) is 23. The van der Waals surface area contributed by atoms with E-state index in [4.69, 9.17) is 28.3 Å². The lowest BCUT2D eigenvalue weighted by Gasteiger charge is -2.34. The minimum Gasteiger partial charge on any atom is -0.383 e. The average Bonchev–Trinajstić information content (AvgIpc) is 1.62. The predicted molar refractivity (Wildman–Crippen MR) is 451 cm³/mol.